The van der Waals surface area contributed by atoms with Crippen molar-refractivity contribution in [1.29, 1.82) is 0 Å². The number of fused-ring (bicyclic) bond motifs is 1. The zero-order chi connectivity index (χ0) is 21.7. The van der Waals surface area contributed by atoms with E-state index in [2.05, 4.69) is 5.32 Å². The molecule has 3 rings (SSSR count). The first-order chi connectivity index (χ1) is 14.5. The Hall–Kier alpha value is -2.74. The Morgan fingerprint density at radius 1 is 1.13 bits per heavy atom. The first-order valence-corrected chi connectivity index (χ1v) is 10.5. The van der Waals surface area contributed by atoms with Gasteiger partial charge in [-0.3, -0.25) is 24.1 Å². The van der Waals surface area contributed by atoms with Gasteiger partial charge in [0.2, 0.25) is 5.91 Å². The Morgan fingerprint density at radius 3 is 2.50 bits per heavy atom. The number of ether oxygens (including phenoxy) is 1. The summed E-state index contributed by atoms with van der Waals surface area (Å²) in [5.74, 6) is -0.806. The van der Waals surface area contributed by atoms with Crippen molar-refractivity contribution in [2.24, 2.45) is 0 Å². The maximum Gasteiger partial charge on any atom is 0.261 e. The average molecular weight is 415 g/mol. The molecule has 30 heavy (non-hydrogen) atoms. The van der Waals surface area contributed by atoms with Gasteiger partial charge in [-0.05, 0) is 43.9 Å². The van der Waals surface area contributed by atoms with Gasteiger partial charge < -0.3 is 15.0 Å². The molecule has 1 aromatic carbocycles. The molecular formula is C22H29N3O5. The number of imide groups is 1. The molecule has 1 fully saturated rings. The minimum absolute atomic E-state index is 0.0145. The third-order valence-electron chi connectivity index (χ3n) is 5.61. The van der Waals surface area contributed by atoms with Crippen LogP contribution in [0.5, 0.6) is 0 Å². The van der Waals surface area contributed by atoms with E-state index in [-0.39, 0.29) is 41.8 Å². The highest BCUT2D eigenvalue weighted by molar-refractivity contribution is 6.22. The SMILES string of the molecule is CCCC(=O)N1CCC(NC(=O)c2ccc3c(c2)C(=O)N(CCCOC)C3=O)CC1. The fourth-order valence-electron chi connectivity index (χ4n) is 3.92. The molecule has 1 aromatic rings. The van der Waals surface area contributed by atoms with Crippen molar-refractivity contribution < 1.29 is 23.9 Å². The molecule has 8 nitrogen and oxygen atoms in total. The molecule has 162 valence electrons. The Labute approximate surface area is 176 Å². The second kappa shape index (κ2) is 9.84. The topological polar surface area (TPSA) is 96.0 Å². The minimum Gasteiger partial charge on any atom is -0.385 e. The minimum atomic E-state index is -0.372. The Balaban J connectivity index is 1.60. The van der Waals surface area contributed by atoms with Crippen molar-refractivity contribution in [2.75, 3.05) is 33.4 Å². The van der Waals surface area contributed by atoms with Crippen molar-refractivity contribution in [3.8, 4) is 0 Å². The number of rotatable bonds is 8. The lowest BCUT2D eigenvalue weighted by molar-refractivity contribution is -0.132. The number of carbonyl (C=O) groups is 4. The first kappa shape index (κ1) is 22.0. The molecule has 0 saturated carbocycles. The zero-order valence-corrected chi connectivity index (χ0v) is 17.6. The number of nitrogens with zero attached hydrogens (tertiary/aromatic N) is 2. The molecule has 2 aliphatic rings. The summed E-state index contributed by atoms with van der Waals surface area (Å²) in [5.41, 5.74) is 0.958. The van der Waals surface area contributed by atoms with Gasteiger partial charge in [-0.25, -0.2) is 0 Å². The summed E-state index contributed by atoms with van der Waals surface area (Å²) >= 11 is 0. The smallest absolute Gasteiger partial charge is 0.261 e. The predicted octanol–water partition coefficient (Wildman–Crippen LogP) is 1.84. The quantitative estimate of drug-likeness (QED) is 0.516. The lowest BCUT2D eigenvalue weighted by Crippen LogP contribution is -2.46. The van der Waals surface area contributed by atoms with Crippen LogP contribution in [-0.2, 0) is 9.53 Å². The number of amides is 4. The molecule has 2 aliphatic heterocycles. The van der Waals surface area contributed by atoms with Gasteiger partial charge in [-0.2, -0.15) is 0 Å². The van der Waals surface area contributed by atoms with Crippen LogP contribution in [0.25, 0.3) is 0 Å². The molecule has 0 aromatic heterocycles. The van der Waals surface area contributed by atoms with Crippen molar-refractivity contribution in [2.45, 2.75) is 45.1 Å². The van der Waals surface area contributed by atoms with Gasteiger partial charge in [-0.1, -0.05) is 6.92 Å². The van der Waals surface area contributed by atoms with Crippen LogP contribution in [0.3, 0.4) is 0 Å². The molecule has 0 aliphatic carbocycles. The third-order valence-corrected chi connectivity index (χ3v) is 5.61. The van der Waals surface area contributed by atoms with Crippen LogP contribution < -0.4 is 5.32 Å². The maximum absolute atomic E-state index is 12.7. The molecule has 0 unspecified atom stereocenters. The molecule has 0 radical (unpaired) electrons. The fourth-order valence-corrected chi connectivity index (χ4v) is 3.92. The predicted molar refractivity (Wildman–Crippen MR) is 110 cm³/mol. The van der Waals surface area contributed by atoms with Gasteiger partial charge in [0.15, 0.2) is 0 Å². The number of hydrogen-bond donors (Lipinski definition) is 1. The van der Waals surface area contributed by atoms with E-state index in [1.807, 2.05) is 11.8 Å². The van der Waals surface area contributed by atoms with Gasteiger partial charge in [0.1, 0.15) is 0 Å². The lowest BCUT2D eigenvalue weighted by atomic mass is 10.0. The van der Waals surface area contributed by atoms with Crippen LogP contribution in [0, 0.1) is 0 Å². The molecular weight excluding hydrogens is 386 g/mol. The van der Waals surface area contributed by atoms with Crippen molar-refractivity contribution in [3.63, 3.8) is 0 Å². The highest BCUT2D eigenvalue weighted by Crippen LogP contribution is 2.24. The third kappa shape index (κ3) is 4.70. The molecule has 2 heterocycles. The standard InChI is InChI=1S/C22H29N3O5/c1-3-5-19(26)24-11-8-16(9-12-24)23-20(27)15-6-7-17-18(14-15)22(29)25(21(17)28)10-4-13-30-2/h6-7,14,16H,3-5,8-13H2,1-2H3,(H,23,27). The highest BCUT2D eigenvalue weighted by Gasteiger charge is 2.35. The van der Waals surface area contributed by atoms with Crippen LogP contribution in [0.1, 0.15) is 70.1 Å². The van der Waals surface area contributed by atoms with E-state index in [1.165, 1.54) is 11.0 Å². The number of likely N-dealkylation sites (tertiary alicyclic amines) is 1. The van der Waals surface area contributed by atoms with Gasteiger partial charge in [0.05, 0.1) is 11.1 Å². The second-order valence-corrected chi connectivity index (χ2v) is 7.75. The largest absolute Gasteiger partial charge is 0.385 e. The summed E-state index contributed by atoms with van der Waals surface area (Å²) in [6.07, 6.45) is 3.36. The van der Waals surface area contributed by atoms with Crippen LogP contribution in [0.15, 0.2) is 18.2 Å². The van der Waals surface area contributed by atoms with E-state index in [1.54, 1.807) is 19.2 Å². The first-order valence-electron chi connectivity index (χ1n) is 10.5. The molecule has 8 heteroatoms. The zero-order valence-electron chi connectivity index (χ0n) is 17.6. The van der Waals surface area contributed by atoms with Crippen molar-refractivity contribution >= 4 is 23.6 Å². The normalized spacial score (nSPS) is 16.7. The Bertz CT molecular complexity index is 830. The Kier molecular flexibility index (Phi) is 7.20. The second-order valence-electron chi connectivity index (χ2n) is 7.75. The maximum atomic E-state index is 12.7. The average Bonchev–Trinajstić information content (AvgIpc) is 2.99. The van der Waals surface area contributed by atoms with E-state index in [9.17, 15) is 19.2 Å². The van der Waals surface area contributed by atoms with E-state index in [4.69, 9.17) is 4.74 Å². The molecule has 0 bridgehead atoms. The van der Waals surface area contributed by atoms with E-state index < -0.39 is 0 Å². The summed E-state index contributed by atoms with van der Waals surface area (Å²) < 4.78 is 4.98. The molecule has 0 atom stereocenters. The van der Waals surface area contributed by atoms with E-state index in [0.29, 0.717) is 56.5 Å². The number of nitrogens with one attached hydrogen (secondary N) is 1. The summed E-state index contributed by atoms with van der Waals surface area (Å²) in [5, 5.41) is 2.99. The highest BCUT2D eigenvalue weighted by atomic mass is 16.5. The number of benzene rings is 1. The van der Waals surface area contributed by atoms with E-state index >= 15 is 0 Å². The summed E-state index contributed by atoms with van der Waals surface area (Å²) in [6, 6.07) is 4.62. The number of piperidine rings is 1. The molecule has 0 spiro atoms. The van der Waals surface area contributed by atoms with Crippen molar-refractivity contribution in [3.05, 3.63) is 34.9 Å². The van der Waals surface area contributed by atoms with E-state index in [0.717, 1.165) is 6.42 Å². The monoisotopic (exact) mass is 415 g/mol. The van der Waals surface area contributed by atoms with Crippen molar-refractivity contribution in [1.82, 2.24) is 15.1 Å². The van der Waals surface area contributed by atoms with Gasteiger partial charge in [-0.15, -0.1) is 0 Å². The molecule has 1 N–H and O–H groups in total. The summed E-state index contributed by atoms with van der Waals surface area (Å²) in [7, 11) is 1.57. The lowest BCUT2D eigenvalue weighted by Gasteiger charge is -2.32. The van der Waals surface area contributed by atoms with Gasteiger partial charge in [0.25, 0.3) is 17.7 Å². The van der Waals surface area contributed by atoms with Crippen LogP contribution in [-0.4, -0.2) is 72.8 Å². The summed E-state index contributed by atoms with van der Waals surface area (Å²) in [4.78, 5) is 52.8. The number of hydrogen-bond acceptors (Lipinski definition) is 5. The number of carbonyl (C=O) groups excluding carboxylic acids is 4. The van der Waals surface area contributed by atoms with Crippen LogP contribution >= 0.6 is 0 Å². The van der Waals surface area contributed by atoms with Crippen LogP contribution in [0.2, 0.25) is 0 Å². The summed E-state index contributed by atoms with van der Waals surface area (Å²) in [6.45, 7) is 4.01. The molecule has 4 amide bonds. The molecule has 1 saturated heterocycles. The van der Waals surface area contributed by atoms with Gasteiger partial charge >= 0.3 is 0 Å². The van der Waals surface area contributed by atoms with Crippen LogP contribution in [0.4, 0.5) is 0 Å². The van der Waals surface area contributed by atoms with Gasteiger partial charge in [0, 0.05) is 51.4 Å². The fraction of sp³-hybridized carbons (Fsp3) is 0.545. The number of methoxy groups -OCH3 is 1. The Morgan fingerprint density at radius 2 is 1.83 bits per heavy atom.